The van der Waals surface area contributed by atoms with Gasteiger partial charge >= 0.3 is 6.18 Å². The SMILES string of the molecule is FC(F)(F)c1cccc(C[NH+]2CCN(c3nnnn3-c3ccccc3)CC2)c1. The van der Waals surface area contributed by atoms with Gasteiger partial charge in [-0.05, 0) is 34.7 Å². The summed E-state index contributed by atoms with van der Waals surface area (Å²) in [7, 11) is 0. The van der Waals surface area contributed by atoms with Crippen LogP contribution in [-0.4, -0.2) is 46.4 Å². The first kappa shape index (κ1) is 18.4. The van der Waals surface area contributed by atoms with Gasteiger partial charge in [0.15, 0.2) is 0 Å². The van der Waals surface area contributed by atoms with Crippen molar-refractivity contribution >= 4 is 5.95 Å². The highest BCUT2D eigenvalue weighted by atomic mass is 19.4. The van der Waals surface area contributed by atoms with Crippen LogP contribution in [0.15, 0.2) is 54.6 Å². The van der Waals surface area contributed by atoms with E-state index in [-0.39, 0.29) is 0 Å². The monoisotopic (exact) mass is 389 g/mol. The molecular weight excluding hydrogens is 369 g/mol. The quantitative estimate of drug-likeness (QED) is 0.736. The van der Waals surface area contributed by atoms with Gasteiger partial charge in [0.05, 0.1) is 37.4 Å². The molecule has 1 aromatic heterocycles. The molecule has 1 saturated heterocycles. The van der Waals surface area contributed by atoms with Gasteiger partial charge in [0.1, 0.15) is 6.54 Å². The molecule has 4 rings (SSSR count). The van der Waals surface area contributed by atoms with Crippen molar-refractivity contribution in [2.45, 2.75) is 12.7 Å². The third kappa shape index (κ3) is 3.99. The molecule has 2 aromatic carbocycles. The summed E-state index contributed by atoms with van der Waals surface area (Å²) >= 11 is 0. The number of hydrogen-bond donors (Lipinski definition) is 1. The largest absolute Gasteiger partial charge is 0.416 e. The number of hydrogen-bond acceptors (Lipinski definition) is 4. The molecule has 9 heteroatoms. The van der Waals surface area contributed by atoms with Crippen LogP contribution in [0.2, 0.25) is 0 Å². The number of tetrazole rings is 1. The Labute approximate surface area is 160 Å². The van der Waals surface area contributed by atoms with Gasteiger partial charge in [-0.1, -0.05) is 35.4 Å². The molecule has 146 valence electrons. The standard InChI is InChI=1S/C19H19F3N6/c20-19(21,22)16-6-4-5-15(13-16)14-26-9-11-27(12-10-26)18-23-24-25-28(18)17-7-2-1-3-8-17/h1-8,13H,9-12,14H2/p+1. The predicted molar refractivity (Wildman–Crippen MR) is 97.2 cm³/mol. The maximum Gasteiger partial charge on any atom is 0.416 e. The second-order valence-corrected chi connectivity index (χ2v) is 6.84. The maximum atomic E-state index is 12.9. The van der Waals surface area contributed by atoms with E-state index in [0.29, 0.717) is 18.1 Å². The fraction of sp³-hybridized carbons (Fsp3) is 0.316. The molecule has 6 nitrogen and oxygen atoms in total. The van der Waals surface area contributed by atoms with E-state index in [1.165, 1.54) is 17.0 Å². The summed E-state index contributed by atoms with van der Waals surface area (Å²) in [5, 5.41) is 12.0. The van der Waals surface area contributed by atoms with Gasteiger partial charge in [0.25, 0.3) is 5.95 Å². The van der Waals surface area contributed by atoms with Crippen molar-refractivity contribution in [1.29, 1.82) is 0 Å². The molecule has 2 heterocycles. The number of nitrogens with one attached hydrogen (secondary N) is 1. The Balaban J connectivity index is 1.41. The van der Waals surface area contributed by atoms with Crippen molar-refractivity contribution in [3.63, 3.8) is 0 Å². The Morgan fingerprint density at radius 2 is 1.71 bits per heavy atom. The van der Waals surface area contributed by atoms with E-state index in [1.54, 1.807) is 10.7 Å². The molecule has 1 N–H and O–H groups in total. The molecule has 1 aliphatic rings. The summed E-state index contributed by atoms with van der Waals surface area (Å²) in [4.78, 5) is 3.36. The van der Waals surface area contributed by atoms with E-state index in [1.807, 2.05) is 30.3 Å². The molecule has 0 radical (unpaired) electrons. The van der Waals surface area contributed by atoms with Gasteiger partial charge < -0.3 is 9.80 Å². The van der Waals surface area contributed by atoms with Gasteiger partial charge in [-0.25, -0.2) is 0 Å². The van der Waals surface area contributed by atoms with E-state index >= 15 is 0 Å². The van der Waals surface area contributed by atoms with Crippen LogP contribution in [0, 0.1) is 0 Å². The third-order valence-electron chi connectivity index (χ3n) is 4.92. The summed E-state index contributed by atoms with van der Waals surface area (Å²) < 4.78 is 40.4. The average molecular weight is 389 g/mol. The lowest BCUT2D eigenvalue weighted by Gasteiger charge is -2.32. The van der Waals surface area contributed by atoms with Crippen LogP contribution in [0.25, 0.3) is 5.69 Å². The smallest absolute Gasteiger partial charge is 0.328 e. The third-order valence-corrected chi connectivity index (χ3v) is 4.92. The van der Waals surface area contributed by atoms with Gasteiger partial charge in [-0.3, -0.25) is 0 Å². The van der Waals surface area contributed by atoms with Gasteiger partial charge in [-0.2, -0.15) is 17.9 Å². The minimum atomic E-state index is -4.31. The predicted octanol–water partition coefficient (Wildman–Crippen LogP) is 1.59. The fourth-order valence-corrected chi connectivity index (χ4v) is 3.46. The molecule has 1 fully saturated rings. The minimum Gasteiger partial charge on any atom is -0.328 e. The highest BCUT2D eigenvalue weighted by molar-refractivity contribution is 5.40. The molecular formula is C19H20F3N6+. The molecule has 0 unspecified atom stereocenters. The lowest BCUT2D eigenvalue weighted by Crippen LogP contribution is -3.13. The number of anilines is 1. The number of quaternary nitrogens is 1. The number of aromatic nitrogens is 4. The number of alkyl halides is 3. The number of halogens is 3. The Hall–Kier alpha value is -2.94. The summed E-state index contributed by atoms with van der Waals surface area (Å²) in [6, 6.07) is 15.3. The van der Waals surface area contributed by atoms with Crippen LogP contribution in [-0.2, 0) is 12.7 Å². The number of nitrogens with zero attached hydrogens (tertiary/aromatic N) is 5. The van der Waals surface area contributed by atoms with E-state index in [0.717, 1.165) is 37.9 Å². The van der Waals surface area contributed by atoms with E-state index in [9.17, 15) is 13.2 Å². The molecule has 0 saturated carbocycles. The number of piperazine rings is 1. The molecule has 28 heavy (non-hydrogen) atoms. The first-order valence-electron chi connectivity index (χ1n) is 9.09. The molecule has 3 aromatic rings. The normalized spacial score (nSPS) is 15.8. The number of rotatable bonds is 4. The maximum absolute atomic E-state index is 12.9. The zero-order chi connectivity index (χ0) is 19.6. The Morgan fingerprint density at radius 3 is 2.43 bits per heavy atom. The van der Waals surface area contributed by atoms with E-state index < -0.39 is 11.7 Å². The first-order valence-corrected chi connectivity index (χ1v) is 9.09. The van der Waals surface area contributed by atoms with Crippen molar-refractivity contribution in [2.75, 3.05) is 31.1 Å². The first-order chi connectivity index (χ1) is 13.5. The molecule has 0 amide bonds. The van der Waals surface area contributed by atoms with Gasteiger partial charge in [0, 0.05) is 5.56 Å². The van der Waals surface area contributed by atoms with Gasteiger partial charge in [-0.15, -0.1) is 0 Å². The highest BCUT2D eigenvalue weighted by Crippen LogP contribution is 2.29. The summed E-state index contributed by atoms with van der Waals surface area (Å²) in [5.41, 5.74) is 0.999. The Morgan fingerprint density at radius 1 is 0.964 bits per heavy atom. The molecule has 0 atom stereocenters. The minimum absolute atomic E-state index is 0.571. The summed E-state index contributed by atoms with van der Waals surface area (Å²) in [5.74, 6) is 0.685. The van der Waals surface area contributed by atoms with Crippen LogP contribution < -0.4 is 9.80 Å². The number of para-hydroxylation sites is 1. The van der Waals surface area contributed by atoms with Crippen molar-refractivity contribution in [3.8, 4) is 5.69 Å². The van der Waals surface area contributed by atoms with Crippen molar-refractivity contribution in [2.24, 2.45) is 0 Å². The molecule has 0 aliphatic carbocycles. The summed E-state index contributed by atoms with van der Waals surface area (Å²) in [6.45, 7) is 3.65. The lowest BCUT2D eigenvalue weighted by molar-refractivity contribution is -0.914. The van der Waals surface area contributed by atoms with Crippen molar-refractivity contribution in [1.82, 2.24) is 20.2 Å². The van der Waals surface area contributed by atoms with Gasteiger partial charge in [0.2, 0.25) is 0 Å². The molecule has 0 bridgehead atoms. The van der Waals surface area contributed by atoms with Crippen LogP contribution in [0.4, 0.5) is 19.1 Å². The van der Waals surface area contributed by atoms with Crippen LogP contribution >= 0.6 is 0 Å². The zero-order valence-electron chi connectivity index (χ0n) is 15.1. The Kier molecular flexibility index (Phi) is 4.99. The molecule has 1 aliphatic heterocycles. The second-order valence-electron chi connectivity index (χ2n) is 6.84. The van der Waals surface area contributed by atoms with Crippen molar-refractivity contribution in [3.05, 3.63) is 65.7 Å². The van der Waals surface area contributed by atoms with E-state index in [4.69, 9.17) is 0 Å². The highest BCUT2D eigenvalue weighted by Gasteiger charge is 2.31. The average Bonchev–Trinajstić information content (AvgIpc) is 3.19. The topological polar surface area (TPSA) is 51.3 Å². The zero-order valence-corrected chi connectivity index (χ0v) is 15.1. The lowest BCUT2D eigenvalue weighted by atomic mass is 10.1. The second kappa shape index (κ2) is 7.59. The number of benzene rings is 2. The van der Waals surface area contributed by atoms with Crippen LogP contribution in [0.3, 0.4) is 0 Å². The van der Waals surface area contributed by atoms with Crippen LogP contribution in [0.5, 0.6) is 0 Å². The van der Waals surface area contributed by atoms with E-state index in [2.05, 4.69) is 20.4 Å². The van der Waals surface area contributed by atoms with Crippen LogP contribution in [0.1, 0.15) is 11.1 Å². The Bertz CT molecular complexity index is 917. The summed E-state index contributed by atoms with van der Waals surface area (Å²) in [6.07, 6.45) is -4.31. The molecule has 0 spiro atoms. The van der Waals surface area contributed by atoms with Crippen molar-refractivity contribution < 1.29 is 18.1 Å². The fourth-order valence-electron chi connectivity index (χ4n) is 3.46.